The van der Waals surface area contributed by atoms with Gasteiger partial charge in [-0.1, -0.05) is 19.8 Å². The Balaban J connectivity index is 2.16. The van der Waals surface area contributed by atoms with Crippen molar-refractivity contribution in [3.05, 3.63) is 11.9 Å². The number of hydrogen-bond acceptors (Lipinski definition) is 5. The number of rotatable bonds is 5. The van der Waals surface area contributed by atoms with E-state index >= 15 is 0 Å². The molecular formula is C14H24N4O. The zero-order valence-electron chi connectivity index (χ0n) is 11.8. The molecule has 0 amide bonds. The third-order valence-corrected chi connectivity index (χ3v) is 3.69. The molecule has 0 bridgehead atoms. The minimum atomic E-state index is -0.268. The van der Waals surface area contributed by atoms with Crippen molar-refractivity contribution < 1.29 is 5.11 Å². The van der Waals surface area contributed by atoms with E-state index in [1.165, 1.54) is 6.42 Å². The van der Waals surface area contributed by atoms with Crippen molar-refractivity contribution in [1.82, 2.24) is 9.97 Å². The molecule has 2 atom stereocenters. The topological polar surface area (TPSA) is 70.1 Å². The largest absolute Gasteiger partial charge is 0.391 e. The number of hydrogen-bond donors (Lipinski definition) is 3. The fourth-order valence-electron chi connectivity index (χ4n) is 2.65. The van der Waals surface area contributed by atoms with Crippen molar-refractivity contribution in [2.75, 3.05) is 17.2 Å². The molecule has 19 heavy (non-hydrogen) atoms. The van der Waals surface area contributed by atoms with E-state index < -0.39 is 0 Å². The van der Waals surface area contributed by atoms with E-state index in [1.54, 1.807) is 6.33 Å². The van der Waals surface area contributed by atoms with E-state index in [-0.39, 0.29) is 12.1 Å². The lowest BCUT2D eigenvalue weighted by molar-refractivity contribution is 0.116. The molecule has 1 fully saturated rings. The van der Waals surface area contributed by atoms with Crippen LogP contribution in [0.25, 0.3) is 0 Å². The minimum absolute atomic E-state index is 0.114. The second-order valence-corrected chi connectivity index (χ2v) is 5.04. The number of aromatic nitrogens is 2. The Labute approximate surface area is 114 Å². The van der Waals surface area contributed by atoms with Crippen molar-refractivity contribution in [1.29, 1.82) is 0 Å². The SMILES string of the molecule is CCNc1ncnc(NC2CCCCC2O)c1CC. The van der Waals surface area contributed by atoms with Crippen LogP contribution in [-0.2, 0) is 6.42 Å². The summed E-state index contributed by atoms with van der Waals surface area (Å²) in [7, 11) is 0. The van der Waals surface area contributed by atoms with E-state index in [2.05, 4.69) is 34.4 Å². The number of aliphatic hydroxyl groups is 1. The van der Waals surface area contributed by atoms with Gasteiger partial charge in [-0.05, 0) is 26.2 Å². The minimum Gasteiger partial charge on any atom is -0.391 e. The van der Waals surface area contributed by atoms with Crippen molar-refractivity contribution in [2.24, 2.45) is 0 Å². The van der Waals surface area contributed by atoms with Crippen molar-refractivity contribution in [3.8, 4) is 0 Å². The summed E-state index contributed by atoms with van der Waals surface area (Å²) in [6.07, 6.45) is 6.35. The average Bonchev–Trinajstić information content (AvgIpc) is 2.42. The molecule has 1 heterocycles. The number of nitrogens with zero attached hydrogens (tertiary/aromatic N) is 2. The summed E-state index contributed by atoms with van der Waals surface area (Å²) in [4.78, 5) is 8.63. The van der Waals surface area contributed by atoms with Gasteiger partial charge in [0.2, 0.25) is 0 Å². The molecule has 1 saturated carbocycles. The molecule has 5 heteroatoms. The van der Waals surface area contributed by atoms with Crippen LogP contribution < -0.4 is 10.6 Å². The summed E-state index contributed by atoms with van der Waals surface area (Å²) in [5, 5.41) is 16.7. The van der Waals surface area contributed by atoms with Gasteiger partial charge in [0, 0.05) is 12.1 Å². The Morgan fingerprint density at radius 2 is 1.95 bits per heavy atom. The monoisotopic (exact) mass is 264 g/mol. The van der Waals surface area contributed by atoms with Crippen LogP contribution in [0.5, 0.6) is 0 Å². The lowest BCUT2D eigenvalue weighted by Gasteiger charge is -2.29. The second kappa shape index (κ2) is 6.70. The maximum Gasteiger partial charge on any atom is 0.135 e. The Hall–Kier alpha value is -1.36. The summed E-state index contributed by atoms with van der Waals surface area (Å²) in [5.41, 5.74) is 1.10. The highest BCUT2D eigenvalue weighted by Gasteiger charge is 2.24. The first-order valence-electron chi connectivity index (χ1n) is 7.28. The second-order valence-electron chi connectivity index (χ2n) is 5.04. The van der Waals surface area contributed by atoms with Crippen LogP contribution in [-0.4, -0.2) is 33.8 Å². The highest BCUT2D eigenvalue weighted by atomic mass is 16.3. The van der Waals surface area contributed by atoms with Gasteiger partial charge in [-0.2, -0.15) is 0 Å². The predicted octanol–water partition coefficient (Wildman–Crippen LogP) is 2.19. The van der Waals surface area contributed by atoms with E-state index in [0.29, 0.717) is 0 Å². The van der Waals surface area contributed by atoms with Gasteiger partial charge in [0.15, 0.2) is 0 Å². The maximum absolute atomic E-state index is 10.0. The van der Waals surface area contributed by atoms with Crippen LogP contribution in [0, 0.1) is 0 Å². The average molecular weight is 264 g/mol. The van der Waals surface area contributed by atoms with Gasteiger partial charge in [-0.15, -0.1) is 0 Å². The first kappa shape index (κ1) is 14.1. The van der Waals surface area contributed by atoms with Gasteiger partial charge in [-0.3, -0.25) is 0 Å². The third kappa shape index (κ3) is 3.35. The molecule has 0 saturated heterocycles. The molecule has 0 radical (unpaired) electrons. The van der Waals surface area contributed by atoms with Gasteiger partial charge in [0.25, 0.3) is 0 Å². The Bertz CT molecular complexity index is 410. The van der Waals surface area contributed by atoms with Crippen LogP contribution in [0.4, 0.5) is 11.6 Å². The lowest BCUT2D eigenvalue weighted by Crippen LogP contribution is -2.37. The molecule has 5 nitrogen and oxygen atoms in total. The Morgan fingerprint density at radius 3 is 2.63 bits per heavy atom. The molecule has 0 aliphatic heterocycles. The lowest BCUT2D eigenvalue weighted by atomic mass is 9.92. The Kier molecular flexibility index (Phi) is 4.96. The third-order valence-electron chi connectivity index (χ3n) is 3.69. The number of anilines is 2. The van der Waals surface area contributed by atoms with Gasteiger partial charge in [0.05, 0.1) is 12.1 Å². The van der Waals surface area contributed by atoms with Crippen LogP contribution in [0.3, 0.4) is 0 Å². The molecule has 0 aromatic carbocycles. The zero-order valence-corrected chi connectivity index (χ0v) is 11.8. The summed E-state index contributed by atoms with van der Waals surface area (Å²) in [6, 6.07) is 0.114. The zero-order chi connectivity index (χ0) is 13.7. The molecular weight excluding hydrogens is 240 g/mol. The molecule has 1 aromatic rings. The normalized spacial score (nSPS) is 23.1. The number of nitrogens with one attached hydrogen (secondary N) is 2. The van der Waals surface area contributed by atoms with Crippen molar-refractivity contribution >= 4 is 11.6 Å². The first-order valence-corrected chi connectivity index (χ1v) is 7.28. The van der Waals surface area contributed by atoms with E-state index in [9.17, 15) is 5.11 Å². The van der Waals surface area contributed by atoms with Gasteiger partial charge < -0.3 is 15.7 Å². The molecule has 1 aromatic heterocycles. The fourth-order valence-corrected chi connectivity index (χ4v) is 2.65. The molecule has 106 valence electrons. The van der Waals surface area contributed by atoms with Gasteiger partial charge in [-0.25, -0.2) is 9.97 Å². The predicted molar refractivity (Wildman–Crippen MR) is 77.5 cm³/mol. The van der Waals surface area contributed by atoms with Crippen molar-refractivity contribution in [2.45, 2.75) is 58.1 Å². The quantitative estimate of drug-likeness (QED) is 0.760. The summed E-state index contributed by atoms with van der Waals surface area (Å²) in [5.74, 6) is 1.76. The summed E-state index contributed by atoms with van der Waals surface area (Å²) < 4.78 is 0. The fraction of sp³-hybridized carbons (Fsp3) is 0.714. The molecule has 2 rings (SSSR count). The van der Waals surface area contributed by atoms with E-state index in [4.69, 9.17) is 0 Å². The van der Waals surface area contributed by atoms with E-state index in [1.807, 2.05) is 0 Å². The van der Waals surface area contributed by atoms with Crippen molar-refractivity contribution in [3.63, 3.8) is 0 Å². The van der Waals surface area contributed by atoms with Crippen LogP contribution in [0.2, 0.25) is 0 Å². The van der Waals surface area contributed by atoms with Crippen LogP contribution >= 0.6 is 0 Å². The van der Waals surface area contributed by atoms with E-state index in [0.717, 1.165) is 49.4 Å². The molecule has 0 spiro atoms. The van der Waals surface area contributed by atoms with Crippen LogP contribution in [0.1, 0.15) is 45.1 Å². The molecule has 2 unspecified atom stereocenters. The summed E-state index contributed by atoms with van der Waals surface area (Å²) >= 11 is 0. The Morgan fingerprint density at radius 1 is 1.21 bits per heavy atom. The van der Waals surface area contributed by atoms with Gasteiger partial charge in [0.1, 0.15) is 18.0 Å². The summed E-state index contributed by atoms with van der Waals surface area (Å²) in [6.45, 7) is 5.00. The smallest absolute Gasteiger partial charge is 0.135 e. The number of aliphatic hydroxyl groups excluding tert-OH is 1. The van der Waals surface area contributed by atoms with Gasteiger partial charge >= 0.3 is 0 Å². The highest BCUT2D eigenvalue weighted by molar-refractivity contribution is 5.57. The maximum atomic E-state index is 10.0. The standard InChI is InChI=1S/C14H24N4O/c1-3-10-13(15-4-2)16-9-17-14(10)18-11-7-5-6-8-12(11)19/h9,11-12,19H,3-8H2,1-2H3,(H2,15,16,17,18). The molecule has 1 aliphatic carbocycles. The highest BCUT2D eigenvalue weighted by Crippen LogP contribution is 2.25. The van der Waals surface area contributed by atoms with Crippen LogP contribution in [0.15, 0.2) is 6.33 Å². The molecule has 1 aliphatic rings. The molecule has 3 N–H and O–H groups in total. The first-order chi connectivity index (χ1) is 9.26.